The van der Waals surface area contributed by atoms with Crippen molar-refractivity contribution >= 4 is 5.91 Å². The molecule has 0 fully saturated rings. The van der Waals surface area contributed by atoms with E-state index in [2.05, 4.69) is 6.07 Å². The van der Waals surface area contributed by atoms with Gasteiger partial charge in [-0.1, -0.05) is 12.1 Å². The summed E-state index contributed by atoms with van der Waals surface area (Å²) in [5.41, 5.74) is 7.10. The van der Waals surface area contributed by atoms with Crippen LogP contribution in [0.5, 0.6) is 0 Å². The number of carbonyl (C=O) groups excluding carboxylic acids is 1. The van der Waals surface area contributed by atoms with Crippen LogP contribution in [0.15, 0.2) is 47.1 Å². The maximum absolute atomic E-state index is 12.5. The Labute approximate surface area is 123 Å². The lowest BCUT2D eigenvalue weighted by Gasteiger charge is -2.20. The number of carbonyl (C=O) groups is 1. The van der Waals surface area contributed by atoms with Crippen LogP contribution in [-0.2, 0) is 13.1 Å². The van der Waals surface area contributed by atoms with Gasteiger partial charge in [0, 0.05) is 18.7 Å². The topological polar surface area (TPSA) is 83.3 Å². The molecule has 1 amide bonds. The van der Waals surface area contributed by atoms with Gasteiger partial charge in [-0.25, -0.2) is 0 Å². The van der Waals surface area contributed by atoms with Crippen molar-refractivity contribution in [2.45, 2.75) is 19.5 Å². The second kappa shape index (κ2) is 7.27. The van der Waals surface area contributed by atoms with Crippen molar-refractivity contribution in [3.63, 3.8) is 0 Å². The third-order valence-electron chi connectivity index (χ3n) is 3.14. The highest BCUT2D eigenvalue weighted by atomic mass is 16.3. The molecule has 0 aliphatic carbocycles. The van der Waals surface area contributed by atoms with Crippen LogP contribution in [-0.4, -0.2) is 17.4 Å². The highest BCUT2D eigenvalue weighted by Gasteiger charge is 2.16. The highest BCUT2D eigenvalue weighted by Crippen LogP contribution is 2.12. The second-order valence-corrected chi connectivity index (χ2v) is 4.62. The van der Waals surface area contributed by atoms with Gasteiger partial charge in [0.25, 0.3) is 5.91 Å². The zero-order chi connectivity index (χ0) is 15.1. The molecule has 0 spiro atoms. The fraction of sp³-hybridized carbons (Fsp3) is 0.250. The summed E-state index contributed by atoms with van der Waals surface area (Å²) in [7, 11) is 0. The average molecular weight is 283 g/mol. The van der Waals surface area contributed by atoms with E-state index in [-0.39, 0.29) is 12.3 Å². The van der Waals surface area contributed by atoms with Crippen LogP contribution in [0.2, 0.25) is 0 Å². The lowest BCUT2D eigenvalue weighted by molar-refractivity contribution is 0.0735. The van der Waals surface area contributed by atoms with Gasteiger partial charge in [0.05, 0.1) is 25.3 Å². The molecule has 0 saturated heterocycles. The third kappa shape index (κ3) is 3.94. The number of nitrogens with two attached hydrogens (primary N) is 1. The Morgan fingerprint density at radius 3 is 2.62 bits per heavy atom. The van der Waals surface area contributed by atoms with Crippen molar-refractivity contribution in [1.82, 2.24) is 4.90 Å². The molecular weight excluding hydrogens is 266 g/mol. The van der Waals surface area contributed by atoms with Crippen LogP contribution >= 0.6 is 0 Å². The number of nitrogens with zero attached hydrogens (tertiary/aromatic N) is 2. The molecule has 5 nitrogen and oxygen atoms in total. The number of nitriles is 1. The Bertz CT molecular complexity index is 612. The minimum absolute atomic E-state index is 0.120. The van der Waals surface area contributed by atoms with Gasteiger partial charge in [0.15, 0.2) is 0 Å². The Morgan fingerprint density at radius 2 is 2.05 bits per heavy atom. The zero-order valence-electron chi connectivity index (χ0n) is 11.7. The molecule has 0 aliphatic heterocycles. The summed E-state index contributed by atoms with van der Waals surface area (Å²) >= 11 is 0. The number of benzene rings is 1. The molecule has 2 rings (SSSR count). The molecule has 2 N–H and O–H groups in total. The predicted molar refractivity (Wildman–Crippen MR) is 78.0 cm³/mol. The largest absolute Gasteiger partial charge is 0.467 e. The molecule has 108 valence electrons. The first-order chi connectivity index (χ1) is 10.2. The lowest BCUT2D eigenvalue weighted by Crippen LogP contribution is -2.31. The van der Waals surface area contributed by atoms with E-state index in [0.29, 0.717) is 31.0 Å². The molecule has 0 unspecified atom stereocenters. The Kier molecular flexibility index (Phi) is 5.13. The quantitative estimate of drug-likeness (QED) is 0.881. The first-order valence-corrected chi connectivity index (χ1v) is 6.72. The van der Waals surface area contributed by atoms with Crippen LogP contribution in [0.4, 0.5) is 0 Å². The van der Waals surface area contributed by atoms with E-state index in [0.717, 1.165) is 5.56 Å². The van der Waals surface area contributed by atoms with E-state index in [4.69, 9.17) is 15.4 Å². The van der Waals surface area contributed by atoms with Crippen molar-refractivity contribution in [1.29, 1.82) is 5.26 Å². The van der Waals surface area contributed by atoms with E-state index in [9.17, 15) is 4.79 Å². The normalized spacial score (nSPS) is 10.1. The van der Waals surface area contributed by atoms with Gasteiger partial charge in [-0.2, -0.15) is 5.26 Å². The van der Waals surface area contributed by atoms with Gasteiger partial charge in [0.1, 0.15) is 5.76 Å². The number of hydrogen-bond donors (Lipinski definition) is 1. The fourth-order valence-electron chi connectivity index (χ4n) is 1.99. The van der Waals surface area contributed by atoms with Gasteiger partial charge in [0.2, 0.25) is 0 Å². The minimum Gasteiger partial charge on any atom is -0.467 e. The van der Waals surface area contributed by atoms with Crippen molar-refractivity contribution in [3.05, 3.63) is 59.5 Å². The smallest absolute Gasteiger partial charge is 0.254 e. The van der Waals surface area contributed by atoms with E-state index in [1.165, 1.54) is 0 Å². The average Bonchev–Trinajstić information content (AvgIpc) is 3.04. The van der Waals surface area contributed by atoms with Gasteiger partial charge in [-0.15, -0.1) is 0 Å². The number of amides is 1. The Balaban J connectivity index is 2.14. The molecule has 0 bridgehead atoms. The number of rotatable bonds is 6. The first kappa shape index (κ1) is 14.8. The maximum atomic E-state index is 12.5. The molecule has 0 radical (unpaired) electrons. The van der Waals surface area contributed by atoms with Crippen LogP contribution < -0.4 is 5.73 Å². The van der Waals surface area contributed by atoms with Gasteiger partial charge in [-0.3, -0.25) is 4.79 Å². The summed E-state index contributed by atoms with van der Waals surface area (Å²) in [6.45, 7) is 1.17. The minimum atomic E-state index is -0.120. The molecule has 21 heavy (non-hydrogen) atoms. The summed E-state index contributed by atoms with van der Waals surface area (Å²) in [6.07, 6.45) is 1.85. The summed E-state index contributed by atoms with van der Waals surface area (Å²) in [5, 5.41) is 8.74. The van der Waals surface area contributed by atoms with Crippen LogP contribution in [0.25, 0.3) is 0 Å². The van der Waals surface area contributed by atoms with Crippen LogP contribution in [0.1, 0.15) is 28.1 Å². The second-order valence-electron chi connectivity index (χ2n) is 4.62. The van der Waals surface area contributed by atoms with Gasteiger partial charge >= 0.3 is 0 Å². The predicted octanol–water partition coefficient (Wildman–Crippen LogP) is 2.29. The van der Waals surface area contributed by atoms with Crippen LogP contribution in [0, 0.1) is 11.3 Å². The van der Waals surface area contributed by atoms with Crippen molar-refractivity contribution in [2.24, 2.45) is 5.73 Å². The molecule has 1 aromatic heterocycles. The maximum Gasteiger partial charge on any atom is 0.254 e. The summed E-state index contributed by atoms with van der Waals surface area (Å²) in [4.78, 5) is 14.1. The summed E-state index contributed by atoms with van der Waals surface area (Å²) in [5.74, 6) is 0.574. The third-order valence-corrected chi connectivity index (χ3v) is 3.14. The van der Waals surface area contributed by atoms with Crippen LogP contribution in [0.3, 0.4) is 0 Å². The zero-order valence-corrected chi connectivity index (χ0v) is 11.7. The van der Waals surface area contributed by atoms with E-state index in [1.54, 1.807) is 29.4 Å². The summed E-state index contributed by atoms with van der Waals surface area (Å²) in [6, 6.07) is 12.8. The Morgan fingerprint density at radius 1 is 1.29 bits per heavy atom. The molecular formula is C16H17N3O2. The first-order valence-electron chi connectivity index (χ1n) is 6.72. The van der Waals surface area contributed by atoms with Gasteiger partial charge < -0.3 is 15.1 Å². The Hall–Kier alpha value is -2.58. The van der Waals surface area contributed by atoms with Crippen molar-refractivity contribution in [3.8, 4) is 6.07 Å². The van der Waals surface area contributed by atoms with E-state index in [1.807, 2.05) is 18.2 Å². The molecule has 2 aromatic rings. The molecule has 1 aromatic carbocycles. The standard InChI is InChI=1S/C16H17N3O2/c17-8-2-9-19(12-15-3-1-10-21-15)16(20)14-6-4-13(11-18)5-7-14/h1,3-7,10H,2,9,11-12,18H2. The molecule has 0 atom stereocenters. The van der Waals surface area contributed by atoms with E-state index >= 15 is 0 Å². The number of hydrogen-bond acceptors (Lipinski definition) is 4. The molecule has 5 heteroatoms. The number of furan rings is 1. The van der Waals surface area contributed by atoms with Crippen molar-refractivity contribution < 1.29 is 9.21 Å². The van der Waals surface area contributed by atoms with Gasteiger partial charge in [-0.05, 0) is 29.8 Å². The van der Waals surface area contributed by atoms with E-state index < -0.39 is 0 Å². The lowest BCUT2D eigenvalue weighted by atomic mass is 10.1. The monoisotopic (exact) mass is 283 g/mol. The highest BCUT2D eigenvalue weighted by molar-refractivity contribution is 5.94. The SMILES string of the molecule is N#CCCN(Cc1ccco1)C(=O)c1ccc(CN)cc1. The molecule has 1 heterocycles. The molecule has 0 aliphatic rings. The summed E-state index contributed by atoms with van der Waals surface area (Å²) < 4.78 is 5.27. The van der Waals surface area contributed by atoms with Crippen molar-refractivity contribution in [2.75, 3.05) is 6.54 Å². The molecule has 0 saturated carbocycles. The fourth-order valence-corrected chi connectivity index (χ4v) is 1.99.